The summed E-state index contributed by atoms with van der Waals surface area (Å²) in [5, 5.41) is 13.0. The number of benzene rings is 1. The fourth-order valence-electron chi connectivity index (χ4n) is 2.78. The number of anilines is 1. The van der Waals surface area contributed by atoms with E-state index in [1.54, 1.807) is 18.1 Å². The topological polar surface area (TPSA) is 61.8 Å². The molecule has 1 aromatic rings. The highest BCUT2D eigenvalue weighted by atomic mass is 16.5. The second-order valence-corrected chi connectivity index (χ2v) is 4.76. The predicted octanol–water partition coefficient (Wildman–Crippen LogP) is 0.660. The standard InChI is InChI=1S/C13H16N2O3/c1-18-12-11-6-8(16)7-15(11)13(17)9-4-2-3-5-10(9)14-12/h2-5,8,11-12,14,16H,6-7H2,1H3. The van der Waals surface area contributed by atoms with E-state index in [1.165, 1.54) is 0 Å². The van der Waals surface area contributed by atoms with Gasteiger partial charge in [0.15, 0.2) is 0 Å². The van der Waals surface area contributed by atoms with Crippen molar-refractivity contribution in [3.05, 3.63) is 29.8 Å². The molecule has 1 amide bonds. The van der Waals surface area contributed by atoms with Crippen molar-refractivity contribution in [1.29, 1.82) is 0 Å². The van der Waals surface area contributed by atoms with E-state index in [0.29, 0.717) is 18.5 Å². The third-order valence-corrected chi connectivity index (χ3v) is 3.64. The van der Waals surface area contributed by atoms with Gasteiger partial charge in [-0.1, -0.05) is 12.1 Å². The van der Waals surface area contributed by atoms with Crippen molar-refractivity contribution in [3.63, 3.8) is 0 Å². The Kier molecular flexibility index (Phi) is 2.72. The molecule has 0 saturated carbocycles. The van der Waals surface area contributed by atoms with Crippen molar-refractivity contribution >= 4 is 11.6 Å². The van der Waals surface area contributed by atoms with Crippen LogP contribution in [0.4, 0.5) is 5.69 Å². The molecule has 1 aromatic carbocycles. The lowest BCUT2D eigenvalue weighted by molar-refractivity contribution is 0.0420. The van der Waals surface area contributed by atoms with Gasteiger partial charge >= 0.3 is 0 Å². The summed E-state index contributed by atoms with van der Waals surface area (Å²) in [5.41, 5.74) is 1.43. The molecule has 3 atom stereocenters. The number of aliphatic hydroxyl groups is 1. The van der Waals surface area contributed by atoms with E-state index in [-0.39, 0.29) is 18.2 Å². The molecule has 0 aromatic heterocycles. The molecule has 18 heavy (non-hydrogen) atoms. The largest absolute Gasteiger partial charge is 0.391 e. The molecule has 2 heterocycles. The number of ether oxygens (including phenoxy) is 1. The number of para-hydroxylation sites is 1. The minimum absolute atomic E-state index is 0.0424. The zero-order chi connectivity index (χ0) is 12.7. The van der Waals surface area contributed by atoms with Gasteiger partial charge in [0, 0.05) is 19.3 Å². The molecule has 96 valence electrons. The maximum absolute atomic E-state index is 12.4. The first-order chi connectivity index (χ1) is 8.70. The number of methoxy groups -OCH3 is 1. The van der Waals surface area contributed by atoms with Crippen molar-refractivity contribution < 1.29 is 14.6 Å². The van der Waals surface area contributed by atoms with Crippen LogP contribution in [0.5, 0.6) is 0 Å². The van der Waals surface area contributed by atoms with Gasteiger partial charge in [0.2, 0.25) is 0 Å². The number of amides is 1. The third kappa shape index (κ3) is 1.67. The first-order valence-corrected chi connectivity index (χ1v) is 6.08. The van der Waals surface area contributed by atoms with Crippen LogP contribution < -0.4 is 5.32 Å². The lowest BCUT2D eigenvalue weighted by Crippen LogP contribution is -2.44. The lowest BCUT2D eigenvalue weighted by Gasteiger charge is -2.27. The molecule has 2 aliphatic heterocycles. The highest BCUT2D eigenvalue weighted by Gasteiger charge is 2.42. The van der Waals surface area contributed by atoms with Crippen LogP contribution in [0.15, 0.2) is 24.3 Å². The number of carbonyl (C=O) groups excluding carboxylic acids is 1. The summed E-state index contributed by atoms with van der Waals surface area (Å²) in [5.74, 6) is -0.0424. The molecule has 1 saturated heterocycles. The minimum atomic E-state index is -0.469. The highest BCUT2D eigenvalue weighted by Crippen LogP contribution is 2.31. The fraction of sp³-hybridized carbons (Fsp3) is 0.462. The Balaban J connectivity index is 2.04. The van der Waals surface area contributed by atoms with Crippen LogP contribution >= 0.6 is 0 Å². The van der Waals surface area contributed by atoms with Crippen LogP contribution in [0.3, 0.4) is 0 Å². The lowest BCUT2D eigenvalue weighted by atomic mass is 10.1. The molecule has 3 unspecified atom stereocenters. The number of nitrogens with zero attached hydrogens (tertiary/aromatic N) is 1. The second-order valence-electron chi connectivity index (χ2n) is 4.76. The molecule has 5 heteroatoms. The normalized spacial score (nSPS) is 30.4. The molecule has 2 N–H and O–H groups in total. The molecule has 0 bridgehead atoms. The minimum Gasteiger partial charge on any atom is -0.391 e. The Morgan fingerprint density at radius 3 is 3.00 bits per heavy atom. The zero-order valence-corrected chi connectivity index (χ0v) is 10.2. The van der Waals surface area contributed by atoms with Crippen LogP contribution in [0.25, 0.3) is 0 Å². The summed E-state index contributed by atoms with van der Waals surface area (Å²) >= 11 is 0. The van der Waals surface area contributed by atoms with Crippen LogP contribution in [0.1, 0.15) is 16.8 Å². The van der Waals surface area contributed by atoms with E-state index in [2.05, 4.69) is 5.32 Å². The van der Waals surface area contributed by atoms with Crippen molar-refractivity contribution in [2.24, 2.45) is 0 Å². The first-order valence-electron chi connectivity index (χ1n) is 6.08. The monoisotopic (exact) mass is 248 g/mol. The van der Waals surface area contributed by atoms with Crippen LogP contribution in [-0.2, 0) is 4.74 Å². The van der Waals surface area contributed by atoms with Gasteiger partial charge in [-0.2, -0.15) is 0 Å². The van der Waals surface area contributed by atoms with E-state index >= 15 is 0 Å². The Labute approximate surface area is 105 Å². The van der Waals surface area contributed by atoms with Crippen LogP contribution in [0.2, 0.25) is 0 Å². The van der Waals surface area contributed by atoms with Gasteiger partial charge in [-0.3, -0.25) is 4.79 Å². The predicted molar refractivity (Wildman–Crippen MR) is 66.3 cm³/mol. The highest BCUT2D eigenvalue weighted by molar-refractivity contribution is 6.00. The molecule has 0 spiro atoms. The molecule has 5 nitrogen and oxygen atoms in total. The number of hydrogen-bond acceptors (Lipinski definition) is 4. The van der Waals surface area contributed by atoms with Crippen molar-refractivity contribution in [1.82, 2.24) is 4.90 Å². The van der Waals surface area contributed by atoms with Crippen molar-refractivity contribution in [2.75, 3.05) is 19.0 Å². The van der Waals surface area contributed by atoms with Crippen molar-refractivity contribution in [3.8, 4) is 0 Å². The Morgan fingerprint density at radius 2 is 2.22 bits per heavy atom. The Morgan fingerprint density at radius 1 is 1.44 bits per heavy atom. The zero-order valence-electron chi connectivity index (χ0n) is 10.2. The summed E-state index contributed by atoms with van der Waals surface area (Å²) in [4.78, 5) is 14.2. The van der Waals surface area contributed by atoms with Crippen LogP contribution in [-0.4, -0.2) is 47.9 Å². The number of carbonyl (C=O) groups is 1. The average molecular weight is 248 g/mol. The summed E-state index contributed by atoms with van der Waals surface area (Å²) in [7, 11) is 1.61. The summed E-state index contributed by atoms with van der Waals surface area (Å²) in [6.45, 7) is 0.374. The number of fused-ring (bicyclic) bond motifs is 2. The maximum Gasteiger partial charge on any atom is 0.256 e. The average Bonchev–Trinajstić information content (AvgIpc) is 2.73. The quantitative estimate of drug-likeness (QED) is 0.766. The molecule has 3 rings (SSSR count). The van der Waals surface area contributed by atoms with Gasteiger partial charge in [-0.15, -0.1) is 0 Å². The van der Waals surface area contributed by atoms with Gasteiger partial charge in [0.25, 0.3) is 5.91 Å². The van der Waals surface area contributed by atoms with Gasteiger partial charge < -0.3 is 20.1 Å². The molecule has 2 aliphatic rings. The van der Waals surface area contributed by atoms with Crippen molar-refractivity contribution in [2.45, 2.75) is 24.8 Å². The molecular weight excluding hydrogens is 232 g/mol. The van der Waals surface area contributed by atoms with E-state index < -0.39 is 6.10 Å². The van der Waals surface area contributed by atoms with E-state index in [0.717, 1.165) is 5.69 Å². The summed E-state index contributed by atoms with van der Waals surface area (Å²) < 4.78 is 5.42. The summed E-state index contributed by atoms with van der Waals surface area (Å²) in [6, 6.07) is 7.27. The van der Waals surface area contributed by atoms with Crippen LogP contribution in [0, 0.1) is 0 Å². The van der Waals surface area contributed by atoms with Gasteiger partial charge in [0.05, 0.1) is 17.7 Å². The molecule has 1 fully saturated rings. The Bertz CT molecular complexity index is 477. The van der Waals surface area contributed by atoms with Gasteiger partial charge in [-0.25, -0.2) is 0 Å². The number of hydrogen-bond donors (Lipinski definition) is 2. The third-order valence-electron chi connectivity index (χ3n) is 3.64. The number of aliphatic hydroxyl groups excluding tert-OH is 1. The fourth-order valence-corrected chi connectivity index (χ4v) is 2.78. The van der Waals surface area contributed by atoms with Gasteiger partial charge in [-0.05, 0) is 18.6 Å². The summed E-state index contributed by atoms with van der Waals surface area (Å²) in [6.07, 6.45) is -0.205. The Hall–Kier alpha value is -1.59. The van der Waals surface area contributed by atoms with Gasteiger partial charge in [0.1, 0.15) is 6.23 Å². The molecular formula is C13H16N2O3. The number of nitrogens with one attached hydrogen (secondary N) is 1. The smallest absolute Gasteiger partial charge is 0.256 e. The van der Waals surface area contributed by atoms with E-state index in [9.17, 15) is 9.90 Å². The maximum atomic E-state index is 12.4. The van der Waals surface area contributed by atoms with E-state index in [4.69, 9.17) is 4.74 Å². The second kappa shape index (κ2) is 4.26. The van der Waals surface area contributed by atoms with E-state index in [1.807, 2.05) is 18.2 Å². The SMILES string of the molecule is COC1Nc2ccccc2C(=O)N2CC(O)CC12. The molecule has 0 radical (unpaired) electrons. The number of rotatable bonds is 1. The molecule has 0 aliphatic carbocycles. The first kappa shape index (κ1) is 11.5.